The summed E-state index contributed by atoms with van der Waals surface area (Å²) in [6, 6.07) is 6.41. The van der Waals surface area contributed by atoms with Crippen LogP contribution in [0.5, 0.6) is 0 Å². The number of hydrogen-bond acceptors (Lipinski definition) is 5. The fraction of sp³-hybridized carbons (Fsp3) is 0.696. The van der Waals surface area contributed by atoms with E-state index in [4.69, 9.17) is 4.74 Å². The molecule has 1 aromatic heterocycles. The Morgan fingerprint density at radius 1 is 1.19 bits per heavy atom. The van der Waals surface area contributed by atoms with Crippen molar-refractivity contribution in [3.8, 4) is 0 Å². The molecule has 1 aliphatic carbocycles. The van der Waals surface area contributed by atoms with E-state index in [1.165, 1.54) is 10.9 Å². The van der Waals surface area contributed by atoms with Gasteiger partial charge in [0.2, 0.25) is 0 Å². The van der Waals surface area contributed by atoms with Gasteiger partial charge in [0.25, 0.3) is 0 Å². The van der Waals surface area contributed by atoms with Crippen molar-refractivity contribution in [2.45, 2.75) is 69.5 Å². The zero-order valence-electron chi connectivity index (χ0n) is 19.1. The van der Waals surface area contributed by atoms with Crippen LogP contribution >= 0.6 is 11.9 Å². The number of alkyl halides is 3. The number of hydrogen-bond donors (Lipinski definition) is 2. The lowest BCUT2D eigenvalue weighted by Gasteiger charge is -2.35. The number of halogens is 3. The number of ether oxygens (including phenoxy) is 1. The van der Waals surface area contributed by atoms with E-state index in [0.29, 0.717) is 25.5 Å². The van der Waals surface area contributed by atoms with E-state index < -0.39 is 5.51 Å². The van der Waals surface area contributed by atoms with Gasteiger partial charge in [-0.1, -0.05) is 19.9 Å². The predicted octanol–water partition coefficient (Wildman–Crippen LogP) is 5.38. The molecule has 2 fully saturated rings. The molecular formula is C23H35F3N4OS. The average molecular weight is 473 g/mol. The molecule has 0 radical (unpaired) electrons. The standard InChI is InChI=1S/C21H29F3N4OS.C2H6/c1-28-20-7-4-15(10-16(20)12-26-28)14-2-5-18(6-3-14)29-13-17-11-25-9-8-19(17)27-30-21(22,23)24;1-2/h4,7,10,12,14,17-19,25,27H,2-3,5-6,8-9,11,13H2,1H3;1-2H3. The van der Waals surface area contributed by atoms with Gasteiger partial charge in [0.15, 0.2) is 0 Å². The van der Waals surface area contributed by atoms with Gasteiger partial charge in [-0.3, -0.25) is 9.40 Å². The minimum atomic E-state index is -4.26. The van der Waals surface area contributed by atoms with Gasteiger partial charge in [-0.2, -0.15) is 18.3 Å². The van der Waals surface area contributed by atoms with Crippen LogP contribution < -0.4 is 10.0 Å². The Morgan fingerprint density at radius 3 is 2.66 bits per heavy atom. The maximum Gasteiger partial charge on any atom is 0.456 e. The third-order valence-electron chi connectivity index (χ3n) is 6.40. The minimum Gasteiger partial charge on any atom is -0.378 e. The number of aromatic nitrogens is 2. The summed E-state index contributed by atoms with van der Waals surface area (Å²) in [5, 5.41) is 8.77. The fourth-order valence-corrected chi connectivity index (χ4v) is 5.25. The zero-order chi connectivity index (χ0) is 23.1. The van der Waals surface area contributed by atoms with Crippen LogP contribution in [0, 0.1) is 5.92 Å². The molecule has 1 saturated heterocycles. The summed E-state index contributed by atoms with van der Waals surface area (Å²) in [4.78, 5) is 0. The highest BCUT2D eigenvalue weighted by Crippen LogP contribution is 2.36. The summed E-state index contributed by atoms with van der Waals surface area (Å²) in [5.41, 5.74) is -1.75. The molecular weight excluding hydrogens is 437 g/mol. The molecule has 0 bridgehead atoms. The van der Waals surface area contributed by atoms with Crippen molar-refractivity contribution in [3.63, 3.8) is 0 Å². The van der Waals surface area contributed by atoms with Crippen LogP contribution in [0.1, 0.15) is 57.4 Å². The van der Waals surface area contributed by atoms with Gasteiger partial charge in [0, 0.05) is 42.9 Å². The normalized spacial score (nSPS) is 26.6. The lowest BCUT2D eigenvalue weighted by Crippen LogP contribution is -2.48. The Hall–Kier alpha value is -1.29. The Bertz CT molecular complexity index is 836. The molecule has 180 valence electrons. The highest BCUT2D eigenvalue weighted by Gasteiger charge is 2.34. The zero-order valence-corrected chi connectivity index (χ0v) is 19.9. The monoisotopic (exact) mass is 472 g/mol. The van der Waals surface area contributed by atoms with Gasteiger partial charge < -0.3 is 10.1 Å². The lowest BCUT2D eigenvalue weighted by molar-refractivity contribution is -0.0347. The Kier molecular flexibility index (Phi) is 9.28. The highest BCUT2D eigenvalue weighted by atomic mass is 32.2. The summed E-state index contributed by atoms with van der Waals surface area (Å²) < 4.78 is 48.2. The van der Waals surface area contributed by atoms with Crippen molar-refractivity contribution < 1.29 is 17.9 Å². The van der Waals surface area contributed by atoms with E-state index in [1.54, 1.807) is 0 Å². The van der Waals surface area contributed by atoms with Crippen LogP contribution in [0.25, 0.3) is 10.9 Å². The molecule has 1 aromatic carbocycles. The number of nitrogens with one attached hydrogen (secondary N) is 2. The molecule has 1 aliphatic heterocycles. The van der Waals surface area contributed by atoms with Crippen LogP contribution in [0.4, 0.5) is 13.2 Å². The number of benzene rings is 1. The second-order valence-electron chi connectivity index (χ2n) is 8.42. The van der Waals surface area contributed by atoms with Gasteiger partial charge in [-0.05, 0) is 62.3 Å². The van der Waals surface area contributed by atoms with Crippen molar-refractivity contribution in [1.82, 2.24) is 19.8 Å². The van der Waals surface area contributed by atoms with Crippen LogP contribution in [0.15, 0.2) is 24.4 Å². The average Bonchev–Trinajstić information content (AvgIpc) is 3.18. The van der Waals surface area contributed by atoms with E-state index in [1.807, 2.05) is 31.8 Å². The van der Waals surface area contributed by atoms with Crippen molar-refractivity contribution in [2.75, 3.05) is 19.7 Å². The van der Waals surface area contributed by atoms with Crippen molar-refractivity contribution in [3.05, 3.63) is 30.0 Å². The van der Waals surface area contributed by atoms with Gasteiger partial charge in [0.05, 0.1) is 24.4 Å². The van der Waals surface area contributed by atoms with E-state index in [-0.39, 0.29) is 30.0 Å². The van der Waals surface area contributed by atoms with Crippen molar-refractivity contribution >= 4 is 22.9 Å². The maximum absolute atomic E-state index is 12.5. The predicted molar refractivity (Wildman–Crippen MR) is 125 cm³/mol. The number of fused-ring (bicyclic) bond motifs is 1. The summed E-state index contributed by atoms with van der Waals surface area (Å²) in [5.74, 6) is 0.586. The quantitative estimate of drug-likeness (QED) is 0.553. The first-order valence-electron chi connectivity index (χ1n) is 11.6. The third-order valence-corrected chi connectivity index (χ3v) is 7.05. The molecule has 32 heavy (non-hydrogen) atoms. The van der Waals surface area contributed by atoms with Crippen LogP contribution in [0.2, 0.25) is 0 Å². The second-order valence-corrected chi connectivity index (χ2v) is 9.32. The molecule has 2 heterocycles. The summed E-state index contributed by atoms with van der Waals surface area (Å²) in [7, 11) is 1.95. The van der Waals surface area contributed by atoms with Gasteiger partial charge in [-0.25, -0.2) is 0 Å². The topological polar surface area (TPSA) is 51.1 Å². The molecule has 5 nitrogen and oxygen atoms in total. The summed E-state index contributed by atoms with van der Waals surface area (Å²) in [6.45, 7) is 5.93. The number of aryl methyl sites for hydroxylation is 1. The first-order valence-corrected chi connectivity index (χ1v) is 12.4. The van der Waals surface area contributed by atoms with E-state index in [2.05, 4.69) is 33.3 Å². The summed E-state index contributed by atoms with van der Waals surface area (Å²) in [6.07, 6.45) is 6.92. The lowest BCUT2D eigenvalue weighted by atomic mass is 9.82. The van der Waals surface area contributed by atoms with Gasteiger partial charge >= 0.3 is 5.51 Å². The van der Waals surface area contributed by atoms with E-state index in [0.717, 1.165) is 37.7 Å². The molecule has 4 rings (SSSR count). The number of rotatable bonds is 6. The minimum absolute atomic E-state index is 0.0549. The highest BCUT2D eigenvalue weighted by molar-refractivity contribution is 7.98. The summed E-state index contributed by atoms with van der Waals surface area (Å²) >= 11 is -0.134. The molecule has 9 heteroatoms. The largest absolute Gasteiger partial charge is 0.456 e. The smallest absolute Gasteiger partial charge is 0.378 e. The third kappa shape index (κ3) is 6.85. The van der Waals surface area contributed by atoms with E-state index >= 15 is 0 Å². The van der Waals surface area contributed by atoms with Crippen LogP contribution in [-0.4, -0.2) is 47.1 Å². The second kappa shape index (κ2) is 11.7. The molecule has 2 aromatic rings. The van der Waals surface area contributed by atoms with Crippen LogP contribution in [0.3, 0.4) is 0 Å². The van der Waals surface area contributed by atoms with Crippen LogP contribution in [-0.2, 0) is 11.8 Å². The first-order chi connectivity index (χ1) is 15.4. The Morgan fingerprint density at radius 2 is 1.94 bits per heavy atom. The number of piperidine rings is 1. The molecule has 0 spiro atoms. The SMILES string of the molecule is CC.Cn1ncc2cc(C3CCC(OCC4CNCCC4NSC(F)(F)F)CC3)ccc21. The molecule has 0 amide bonds. The Balaban J connectivity index is 0.00000141. The molecule has 2 atom stereocenters. The van der Waals surface area contributed by atoms with Crippen molar-refractivity contribution in [1.29, 1.82) is 0 Å². The van der Waals surface area contributed by atoms with Gasteiger partial charge in [-0.15, -0.1) is 0 Å². The number of nitrogens with zero attached hydrogens (tertiary/aromatic N) is 2. The molecule has 2 aliphatic rings. The Labute approximate surface area is 193 Å². The van der Waals surface area contributed by atoms with Gasteiger partial charge in [0.1, 0.15) is 0 Å². The van der Waals surface area contributed by atoms with Crippen molar-refractivity contribution in [2.24, 2.45) is 13.0 Å². The maximum atomic E-state index is 12.5. The van der Waals surface area contributed by atoms with E-state index in [9.17, 15) is 13.2 Å². The molecule has 1 saturated carbocycles. The molecule has 2 N–H and O–H groups in total. The first kappa shape index (κ1) is 25.3. The fourth-order valence-electron chi connectivity index (χ4n) is 4.65. The molecule has 2 unspecified atom stereocenters.